The van der Waals surface area contributed by atoms with Crippen molar-refractivity contribution in [1.29, 1.82) is 5.26 Å². The van der Waals surface area contributed by atoms with Crippen LogP contribution in [-0.4, -0.2) is 10.8 Å². The Morgan fingerprint density at radius 2 is 2.04 bits per heavy atom. The topological polar surface area (TPSA) is 53.8 Å². The number of carbonyl (C=O) groups excluding carboxylic acids is 1. The zero-order valence-corrected chi connectivity index (χ0v) is 13.6. The smallest absolute Gasteiger partial charge is 0.132 e. The molecule has 23 heavy (non-hydrogen) atoms. The molecule has 1 aliphatic carbocycles. The molecule has 0 aliphatic heterocycles. The molecule has 0 spiro atoms. The van der Waals surface area contributed by atoms with Crippen LogP contribution < -0.4 is 0 Å². The Labute approximate surface area is 137 Å². The predicted molar refractivity (Wildman–Crippen MR) is 90.9 cm³/mol. The molecule has 1 saturated carbocycles. The van der Waals surface area contributed by atoms with E-state index in [9.17, 15) is 10.1 Å². The maximum absolute atomic E-state index is 11.7. The number of Topliss-reactive ketones (excluding diaryl/α,β-unsaturated/α-hetero) is 1. The van der Waals surface area contributed by atoms with Crippen LogP contribution in [0.1, 0.15) is 51.0 Å². The van der Waals surface area contributed by atoms with E-state index in [1.807, 2.05) is 37.4 Å². The molecule has 2 aromatic rings. The lowest BCUT2D eigenvalue weighted by atomic mass is 9.66. The molecule has 1 aromatic heterocycles. The van der Waals surface area contributed by atoms with Crippen LogP contribution in [0.3, 0.4) is 0 Å². The highest BCUT2D eigenvalue weighted by Crippen LogP contribution is 2.44. The number of rotatable bonds is 4. The number of benzene rings is 1. The molecule has 0 N–H and O–H groups in total. The van der Waals surface area contributed by atoms with E-state index in [4.69, 9.17) is 0 Å². The zero-order valence-electron chi connectivity index (χ0n) is 13.6. The SMILES string of the molecule is CCC(=O)CC1CCC(C#N)(c2ccnc3ccccc23)CC1. The van der Waals surface area contributed by atoms with Gasteiger partial charge in [0.1, 0.15) is 5.78 Å². The number of carbonyl (C=O) groups is 1. The van der Waals surface area contributed by atoms with E-state index in [0.717, 1.165) is 42.1 Å². The van der Waals surface area contributed by atoms with Crippen molar-refractivity contribution < 1.29 is 4.79 Å². The molecule has 0 radical (unpaired) electrons. The largest absolute Gasteiger partial charge is 0.300 e. The molecule has 118 valence electrons. The summed E-state index contributed by atoms with van der Waals surface area (Å²) in [4.78, 5) is 16.1. The van der Waals surface area contributed by atoms with Crippen molar-refractivity contribution in [2.75, 3.05) is 0 Å². The van der Waals surface area contributed by atoms with Gasteiger partial charge in [-0.15, -0.1) is 0 Å². The highest BCUT2D eigenvalue weighted by Gasteiger charge is 2.38. The second kappa shape index (κ2) is 6.50. The van der Waals surface area contributed by atoms with E-state index in [1.165, 1.54) is 0 Å². The second-order valence-corrected chi connectivity index (χ2v) is 6.61. The lowest BCUT2D eigenvalue weighted by Crippen LogP contribution is -2.31. The summed E-state index contributed by atoms with van der Waals surface area (Å²) in [6.07, 6.45) is 6.68. The number of aromatic nitrogens is 1. The Hall–Kier alpha value is -2.21. The summed E-state index contributed by atoms with van der Waals surface area (Å²) >= 11 is 0. The molecule has 3 nitrogen and oxygen atoms in total. The fourth-order valence-corrected chi connectivity index (χ4v) is 3.80. The summed E-state index contributed by atoms with van der Waals surface area (Å²) in [6.45, 7) is 1.92. The van der Waals surface area contributed by atoms with Gasteiger partial charge in [0.25, 0.3) is 0 Å². The third-order valence-corrected chi connectivity index (χ3v) is 5.25. The molecule has 1 fully saturated rings. The van der Waals surface area contributed by atoms with Crippen molar-refractivity contribution in [3.63, 3.8) is 0 Å². The Morgan fingerprint density at radius 1 is 1.30 bits per heavy atom. The lowest BCUT2D eigenvalue weighted by molar-refractivity contribution is -0.119. The number of fused-ring (bicyclic) bond motifs is 1. The van der Waals surface area contributed by atoms with Gasteiger partial charge in [-0.05, 0) is 49.3 Å². The third kappa shape index (κ3) is 2.99. The number of nitriles is 1. The van der Waals surface area contributed by atoms with Crippen molar-refractivity contribution >= 4 is 16.7 Å². The van der Waals surface area contributed by atoms with Gasteiger partial charge in [-0.3, -0.25) is 9.78 Å². The summed E-state index contributed by atoms with van der Waals surface area (Å²) in [5.74, 6) is 0.783. The predicted octanol–water partition coefficient (Wildman–Crippen LogP) is 4.56. The van der Waals surface area contributed by atoms with Gasteiger partial charge in [-0.25, -0.2) is 0 Å². The quantitative estimate of drug-likeness (QED) is 0.832. The monoisotopic (exact) mass is 306 g/mol. The molecule has 0 saturated heterocycles. The Bertz CT molecular complexity index is 746. The van der Waals surface area contributed by atoms with E-state index in [2.05, 4.69) is 17.1 Å². The van der Waals surface area contributed by atoms with Crippen LogP contribution in [0.2, 0.25) is 0 Å². The van der Waals surface area contributed by atoms with E-state index < -0.39 is 5.41 Å². The number of pyridine rings is 1. The fourth-order valence-electron chi connectivity index (χ4n) is 3.80. The molecule has 3 heteroatoms. The van der Waals surface area contributed by atoms with Gasteiger partial charge in [0.15, 0.2) is 0 Å². The van der Waals surface area contributed by atoms with Gasteiger partial charge in [-0.2, -0.15) is 5.26 Å². The van der Waals surface area contributed by atoms with E-state index in [0.29, 0.717) is 24.5 Å². The molecule has 3 rings (SSSR count). The number of nitrogens with zero attached hydrogens (tertiary/aromatic N) is 2. The first-order valence-corrected chi connectivity index (χ1v) is 8.45. The van der Waals surface area contributed by atoms with Gasteiger partial charge in [0.05, 0.1) is 17.0 Å². The molecule has 1 aliphatic rings. The average molecular weight is 306 g/mol. The van der Waals surface area contributed by atoms with E-state index >= 15 is 0 Å². The minimum Gasteiger partial charge on any atom is -0.300 e. The number of ketones is 1. The van der Waals surface area contributed by atoms with Crippen LogP contribution in [0.25, 0.3) is 10.9 Å². The summed E-state index contributed by atoms with van der Waals surface area (Å²) in [6, 6.07) is 12.6. The first kappa shape index (κ1) is 15.7. The fraction of sp³-hybridized carbons (Fsp3) is 0.450. The Balaban J connectivity index is 1.88. The van der Waals surface area contributed by atoms with Gasteiger partial charge in [0, 0.05) is 24.4 Å². The number of hydrogen-bond acceptors (Lipinski definition) is 3. The summed E-state index contributed by atoms with van der Waals surface area (Å²) < 4.78 is 0. The number of hydrogen-bond donors (Lipinski definition) is 0. The molecular formula is C20H22N2O. The number of para-hydroxylation sites is 1. The second-order valence-electron chi connectivity index (χ2n) is 6.61. The molecular weight excluding hydrogens is 284 g/mol. The van der Waals surface area contributed by atoms with Crippen molar-refractivity contribution in [2.24, 2.45) is 5.92 Å². The third-order valence-electron chi connectivity index (χ3n) is 5.25. The van der Waals surface area contributed by atoms with E-state index in [-0.39, 0.29) is 0 Å². The molecule has 1 aromatic carbocycles. The van der Waals surface area contributed by atoms with Crippen molar-refractivity contribution in [2.45, 2.75) is 50.9 Å². The van der Waals surface area contributed by atoms with Crippen molar-refractivity contribution in [1.82, 2.24) is 4.98 Å². The highest BCUT2D eigenvalue weighted by atomic mass is 16.1. The molecule has 1 heterocycles. The first-order chi connectivity index (χ1) is 11.2. The van der Waals surface area contributed by atoms with Crippen LogP contribution in [0.5, 0.6) is 0 Å². The average Bonchev–Trinajstić information content (AvgIpc) is 2.62. The van der Waals surface area contributed by atoms with Crippen molar-refractivity contribution in [3.05, 3.63) is 42.1 Å². The maximum Gasteiger partial charge on any atom is 0.132 e. The van der Waals surface area contributed by atoms with Crippen LogP contribution in [0.15, 0.2) is 36.5 Å². The molecule has 0 unspecified atom stereocenters. The minimum absolute atomic E-state index is 0.341. The first-order valence-electron chi connectivity index (χ1n) is 8.45. The van der Waals surface area contributed by atoms with Crippen LogP contribution in [-0.2, 0) is 10.2 Å². The summed E-state index contributed by atoms with van der Waals surface area (Å²) in [5, 5.41) is 11.0. The molecule has 0 bridgehead atoms. The van der Waals surface area contributed by atoms with Gasteiger partial charge < -0.3 is 0 Å². The molecule has 0 atom stereocenters. The normalized spacial score (nSPS) is 24.3. The van der Waals surface area contributed by atoms with Gasteiger partial charge >= 0.3 is 0 Å². The van der Waals surface area contributed by atoms with Crippen LogP contribution >= 0.6 is 0 Å². The minimum atomic E-state index is -0.436. The van der Waals surface area contributed by atoms with Crippen LogP contribution in [0.4, 0.5) is 0 Å². The summed E-state index contributed by atoms with van der Waals surface area (Å²) in [7, 11) is 0. The zero-order chi connectivity index (χ0) is 16.3. The maximum atomic E-state index is 11.7. The van der Waals surface area contributed by atoms with E-state index in [1.54, 1.807) is 0 Å². The Morgan fingerprint density at radius 3 is 2.74 bits per heavy atom. The van der Waals surface area contributed by atoms with Gasteiger partial charge in [-0.1, -0.05) is 25.1 Å². The van der Waals surface area contributed by atoms with Gasteiger partial charge in [0.2, 0.25) is 0 Å². The Kier molecular flexibility index (Phi) is 4.43. The standard InChI is InChI=1S/C20H22N2O/c1-2-16(23)13-15-7-10-20(14-21,11-8-15)18-9-12-22-19-6-4-3-5-17(18)19/h3-6,9,12,15H,2,7-8,10-11,13H2,1H3. The lowest BCUT2D eigenvalue weighted by Gasteiger charge is -2.35. The highest BCUT2D eigenvalue weighted by molar-refractivity contribution is 5.83. The molecule has 0 amide bonds. The summed E-state index contributed by atoms with van der Waals surface area (Å²) in [5.41, 5.74) is 1.61. The van der Waals surface area contributed by atoms with Crippen LogP contribution in [0, 0.1) is 17.2 Å². The van der Waals surface area contributed by atoms with Crippen molar-refractivity contribution in [3.8, 4) is 6.07 Å².